The molecule has 2 N–H and O–H groups in total. The first-order chi connectivity index (χ1) is 13.9. The van der Waals surface area contributed by atoms with E-state index in [1.165, 1.54) is 24.3 Å². The van der Waals surface area contributed by atoms with Gasteiger partial charge in [0.25, 0.3) is 0 Å². The zero-order chi connectivity index (χ0) is 20.5. The van der Waals surface area contributed by atoms with Crippen LogP contribution in [0.1, 0.15) is 32.6 Å². The van der Waals surface area contributed by atoms with Crippen molar-refractivity contribution >= 4 is 40.8 Å². The van der Waals surface area contributed by atoms with Gasteiger partial charge in [0.2, 0.25) is 0 Å². The van der Waals surface area contributed by atoms with Gasteiger partial charge in [0.15, 0.2) is 5.60 Å². The lowest BCUT2D eigenvalue weighted by atomic mass is 9.77. The minimum atomic E-state index is -1.42. The van der Waals surface area contributed by atoms with Crippen LogP contribution in [0, 0.1) is 0 Å². The zero-order valence-electron chi connectivity index (χ0n) is 14.5. The minimum absolute atomic E-state index is 0.0676. The Bertz CT molecular complexity index is 1160. The average molecular weight is 450 g/mol. The number of carbonyl (C=O) groups excluding carboxylic acids is 1. The molecule has 0 fully saturated rings. The molecule has 0 aromatic heterocycles. The van der Waals surface area contributed by atoms with Gasteiger partial charge in [-0.25, -0.2) is 4.79 Å². The number of halogens is 3. The predicted octanol–water partition coefficient (Wildman–Crippen LogP) is 5.71. The third-order valence-corrected chi connectivity index (χ3v) is 6.09. The summed E-state index contributed by atoms with van der Waals surface area (Å²) < 4.78 is 11.9. The summed E-state index contributed by atoms with van der Waals surface area (Å²) in [6.07, 6.45) is 0. The summed E-state index contributed by atoms with van der Waals surface area (Å²) in [5.74, 6) is -0.348. The highest BCUT2D eigenvalue weighted by Crippen LogP contribution is 2.58. The Morgan fingerprint density at radius 3 is 2.03 bits per heavy atom. The molecule has 0 atom stereocenters. The van der Waals surface area contributed by atoms with Crippen LogP contribution in [0.5, 0.6) is 23.0 Å². The van der Waals surface area contributed by atoms with Crippen LogP contribution in [0.4, 0.5) is 0 Å². The molecule has 2 aliphatic rings. The van der Waals surface area contributed by atoms with Crippen molar-refractivity contribution in [3.8, 4) is 23.0 Å². The van der Waals surface area contributed by atoms with Crippen LogP contribution >= 0.6 is 34.8 Å². The zero-order valence-corrected chi connectivity index (χ0v) is 16.8. The summed E-state index contributed by atoms with van der Waals surface area (Å²) in [7, 11) is 0. The van der Waals surface area contributed by atoms with E-state index in [1.54, 1.807) is 18.2 Å². The van der Waals surface area contributed by atoms with E-state index >= 15 is 0 Å². The summed E-state index contributed by atoms with van der Waals surface area (Å²) in [5, 5.41) is 20.3. The van der Waals surface area contributed by atoms with Crippen LogP contribution in [0.25, 0.3) is 0 Å². The fraction of sp³-hybridized carbons (Fsp3) is 0.0952. The normalized spacial score (nSPS) is 15.3. The largest absolute Gasteiger partial charge is 0.506 e. The van der Waals surface area contributed by atoms with Crippen LogP contribution in [0.3, 0.4) is 0 Å². The van der Waals surface area contributed by atoms with Gasteiger partial charge in [-0.2, -0.15) is 0 Å². The molecule has 8 heteroatoms. The van der Waals surface area contributed by atoms with Crippen molar-refractivity contribution in [2.75, 3.05) is 0 Å². The Morgan fingerprint density at radius 2 is 1.48 bits per heavy atom. The number of rotatable bonds is 1. The van der Waals surface area contributed by atoms with Gasteiger partial charge >= 0.3 is 5.97 Å². The van der Waals surface area contributed by atoms with Crippen molar-refractivity contribution < 1.29 is 24.5 Å². The predicted molar refractivity (Wildman–Crippen MR) is 108 cm³/mol. The second-order valence-electron chi connectivity index (χ2n) is 6.75. The highest BCUT2D eigenvalue weighted by atomic mass is 35.5. The summed E-state index contributed by atoms with van der Waals surface area (Å²) in [4.78, 5) is 13.0. The number of hydrogen-bond acceptors (Lipinski definition) is 5. The molecule has 0 saturated heterocycles. The number of ether oxygens (including phenoxy) is 2. The third-order valence-electron chi connectivity index (χ3n) is 5.20. The molecule has 0 aliphatic carbocycles. The number of phenols is 2. The van der Waals surface area contributed by atoms with Crippen molar-refractivity contribution in [3.63, 3.8) is 0 Å². The van der Waals surface area contributed by atoms with Gasteiger partial charge < -0.3 is 19.7 Å². The molecule has 3 aromatic rings. The first-order valence-corrected chi connectivity index (χ1v) is 9.81. The first kappa shape index (κ1) is 18.4. The standard InChI is InChI=1S/C21H11Cl3O5/c22-8-9-2-1-3-10-19(9)20(27)29-21(10)11-4-13(23)15(25)6-17(11)28-18-7-16(26)14(24)5-12(18)21/h1-7,25-26H,8H2. The Kier molecular flexibility index (Phi) is 3.94. The molecule has 1 spiro atoms. The molecule has 0 unspecified atom stereocenters. The molecular formula is C21H11Cl3O5. The van der Waals surface area contributed by atoms with Gasteiger partial charge in [0, 0.05) is 34.7 Å². The van der Waals surface area contributed by atoms with Gasteiger partial charge in [0.05, 0.1) is 15.6 Å². The molecule has 0 saturated carbocycles. The lowest BCUT2D eigenvalue weighted by molar-refractivity contribution is 0.0224. The van der Waals surface area contributed by atoms with Crippen LogP contribution in [-0.4, -0.2) is 16.2 Å². The lowest BCUT2D eigenvalue weighted by Crippen LogP contribution is -2.33. The van der Waals surface area contributed by atoms with E-state index in [4.69, 9.17) is 44.3 Å². The van der Waals surface area contributed by atoms with Crippen LogP contribution in [0.2, 0.25) is 10.0 Å². The fourth-order valence-corrected chi connectivity index (χ4v) is 4.51. The van der Waals surface area contributed by atoms with Gasteiger partial charge in [-0.1, -0.05) is 41.4 Å². The van der Waals surface area contributed by atoms with Crippen LogP contribution in [0.15, 0.2) is 42.5 Å². The van der Waals surface area contributed by atoms with Gasteiger partial charge in [-0.3, -0.25) is 0 Å². The quantitative estimate of drug-likeness (QED) is 0.367. The Hall–Kier alpha value is -2.60. The Labute approximate surface area is 180 Å². The third kappa shape index (κ3) is 2.38. The molecule has 0 radical (unpaired) electrons. The molecule has 5 rings (SSSR count). The Morgan fingerprint density at radius 1 is 0.897 bits per heavy atom. The molecule has 2 heterocycles. The van der Waals surface area contributed by atoms with E-state index in [9.17, 15) is 15.0 Å². The smallest absolute Gasteiger partial charge is 0.340 e. The Balaban J connectivity index is 1.94. The average Bonchev–Trinajstić information content (AvgIpc) is 2.99. The molecule has 0 bridgehead atoms. The van der Waals surface area contributed by atoms with E-state index < -0.39 is 11.6 Å². The van der Waals surface area contributed by atoms with Crippen molar-refractivity contribution in [1.82, 2.24) is 0 Å². The van der Waals surface area contributed by atoms with Crippen molar-refractivity contribution in [1.29, 1.82) is 0 Å². The minimum Gasteiger partial charge on any atom is -0.506 e. The summed E-state index contributed by atoms with van der Waals surface area (Å²) >= 11 is 18.4. The van der Waals surface area contributed by atoms with E-state index in [0.29, 0.717) is 27.8 Å². The van der Waals surface area contributed by atoms with Gasteiger partial charge in [-0.05, 0) is 17.7 Å². The molecule has 2 aliphatic heterocycles. The molecular weight excluding hydrogens is 439 g/mol. The molecule has 0 amide bonds. The molecule has 29 heavy (non-hydrogen) atoms. The fourth-order valence-electron chi connectivity index (χ4n) is 3.96. The topological polar surface area (TPSA) is 76.0 Å². The number of esters is 1. The van der Waals surface area contributed by atoms with Gasteiger partial charge in [-0.15, -0.1) is 11.6 Å². The molecule has 146 valence electrons. The lowest BCUT2D eigenvalue weighted by Gasteiger charge is -2.36. The number of aromatic hydroxyl groups is 2. The number of phenolic OH excluding ortho intramolecular Hbond substituents is 2. The maximum Gasteiger partial charge on any atom is 0.340 e. The van der Waals surface area contributed by atoms with E-state index in [2.05, 4.69) is 0 Å². The first-order valence-electron chi connectivity index (χ1n) is 8.52. The maximum atomic E-state index is 13.0. The number of hydrogen-bond donors (Lipinski definition) is 2. The monoisotopic (exact) mass is 448 g/mol. The number of alkyl halides is 1. The second-order valence-corrected chi connectivity index (χ2v) is 7.83. The van der Waals surface area contributed by atoms with Crippen molar-refractivity contribution in [2.45, 2.75) is 11.5 Å². The molecule has 5 nitrogen and oxygen atoms in total. The van der Waals surface area contributed by atoms with Gasteiger partial charge in [0.1, 0.15) is 23.0 Å². The molecule has 3 aromatic carbocycles. The SMILES string of the molecule is O=C1OC2(c3cc(Cl)c(O)cc3Oc3cc(O)c(Cl)cc32)c2cccc(CCl)c21. The number of carbonyl (C=O) groups is 1. The van der Waals surface area contributed by atoms with E-state index in [-0.39, 0.29) is 38.9 Å². The van der Waals surface area contributed by atoms with E-state index in [0.717, 1.165) is 0 Å². The number of benzene rings is 3. The number of fused-ring (bicyclic) bond motifs is 6. The van der Waals surface area contributed by atoms with Crippen LogP contribution in [-0.2, 0) is 16.2 Å². The summed E-state index contributed by atoms with van der Waals surface area (Å²) in [6.45, 7) is 0. The van der Waals surface area contributed by atoms with Crippen molar-refractivity contribution in [3.05, 3.63) is 80.3 Å². The van der Waals surface area contributed by atoms with Crippen molar-refractivity contribution in [2.24, 2.45) is 0 Å². The summed E-state index contributed by atoms with van der Waals surface area (Å²) in [5.41, 5.74) is 0.952. The summed E-state index contributed by atoms with van der Waals surface area (Å²) in [6, 6.07) is 10.9. The van der Waals surface area contributed by atoms with E-state index in [1.807, 2.05) is 0 Å². The second kappa shape index (κ2) is 6.20. The van der Waals surface area contributed by atoms with Crippen LogP contribution < -0.4 is 4.74 Å². The highest BCUT2D eigenvalue weighted by Gasteiger charge is 2.54. The highest BCUT2D eigenvalue weighted by molar-refractivity contribution is 6.32. The maximum absolute atomic E-state index is 13.0.